The van der Waals surface area contributed by atoms with Gasteiger partial charge in [0.2, 0.25) is 0 Å². The maximum Gasteiger partial charge on any atom is 0.252 e. The SMILES string of the molecule is COCCNC(=O)c1cc(C2CN(Cc3cnc(C)s3)CCO2)nc2ccccc12. The summed E-state index contributed by atoms with van der Waals surface area (Å²) in [6.07, 6.45) is 1.77. The highest BCUT2D eigenvalue weighted by molar-refractivity contribution is 7.11. The third kappa shape index (κ3) is 4.84. The Kier molecular flexibility index (Phi) is 6.69. The number of pyridine rings is 1. The van der Waals surface area contributed by atoms with Crippen molar-refractivity contribution < 1.29 is 14.3 Å². The number of rotatable bonds is 7. The predicted molar refractivity (Wildman–Crippen MR) is 117 cm³/mol. The van der Waals surface area contributed by atoms with E-state index in [2.05, 4.69) is 15.2 Å². The van der Waals surface area contributed by atoms with Crippen LogP contribution in [0.2, 0.25) is 0 Å². The fourth-order valence-corrected chi connectivity index (χ4v) is 4.47. The molecular weight excluding hydrogens is 400 g/mol. The third-order valence-corrected chi connectivity index (χ3v) is 6.00. The first-order valence-corrected chi connectivity index (χ1v) is 10.9. The monoisotopic (exact) mass is 426 g/mol. The van der Waals surface area contributed by atoms with Gasteiger partial charge in [0.05, 0.1) is 35.0 Å². The van der Waals surface area contributed by atoms with Gasteiger partial charge in [-0.2, -0.15) is 0 Å². The molecule has 1 saturated heterocycles. The van der Waals surface area contributed by atoms with Crippen LogP contribution >= 0.6 is 11.3 Å². The van der Waals surface area contributed by atoms with Gasteiger partial charge in [0, 0.05) is 49.7 Å². The number of hydrogen-bond donors (Lipinski definition) is 1. The minimum Gasteiger partial charge on any atom is -0.383 e. The van der Waals surface area contributed by atoms with Crippen molar-refractivity contribution in [1.82, 2.24) is 20.2 Å². The van der Waals surface area contributed by atoms with Crippen LogP contribution in [0, 0.1) is 6.92 Å². The van der Waals surface area contributed by atoms with Crippen molar-refractivity contribution in [3.05, 3.63) is 57.7 Å². The number of fused-ring (bicyclic) bond motifs is 1. The number of thiazole rings is 1. The Morgan fingerprint density at radius 1 is 1.40 bits per heavy atom. The normalized spacial score (nSPS) is 17.3. The molecular formula is C22H26N4O3S. The molecule has 1 aliphatic rings. The van der Waals surface area contributed by atoms with Crippen LogP contribution in [0.15, 0.2) is 36.5 Å². The number of aromatic nitrogens is 2. The van der Waals surface area contributed by atoms with E-state index in [1.807, 2.05) is 43.5 Å². The van der Waals surface area contributed by atoms with Gasteiger partial charge in [0.1, 0.15) is 6.10 Å². The molecule has 1 amide bonds. The number of para-hydroxylation sites is 1. The molecule has 0 aliphatic carbocycles. The average Bonchev–Trinajstić information content (AvgIpc) is 3.17. The smallest absolute Gasteiger partial charge is 0.252 e. The van der Waals surface area contributed by atoms with Crippen molar-refractivity contribution in [1.29, 1.82) is 0 Å². The summed E-state index contributed by atoms with van der Waals surface area (Å²) in [7, 11) is 1.62. The van der Waals surface area contributed by atoms with Crippen molar-refractivity contribution >= 4 is 28.1 Å². The summed E-state index contributed by atoms with van der Waals surface area (Å²) < 4.78 is 11.1. The Bertz CT molecular complexity index is 1020. The van der Waals surface area contributed by atoms with E-state index in [-0.39, 0.29) is 12.0 Å². The summed E-state index contributed by atoms with van der Waals surface area (Å²) in [5.74, 6) is -0.125. The van der Waals surface area contributed by atoms with E-state index >= 15 is 0 Å². The van der Waals surface area contributed by atoms with Crippen molar-refractivity contribution in [2.45, 2.75) is 19.6 Å². The minimum atomic E-state index is -0.178. The van der Waals surface area contributed by atoms with Crippen molar-refractivity contribution in [2.24, 2.45) is 0 Å². The van der Waals surface area contributed by atoms with E-state index in [9.17, 15) is 4.79 Å². The van der Waals surface area contributed by atoms with E-state index in [0.29, 0.717) is 25.3 Å². The van der Waals surface area contributed by atoms with Crippen molar-refractivity contribution in [3.8, 4) is 0 Å². The molecule has 1 aliphatic heterocycles. The summed E-state index contributed by atoms with van der Waals surface area (Å²) in [5.41, 5.74) is 2.20. The van der Waals surface area contributed by atoms with E-state index in [4.69, 9.17) is 14.5 Å². The quantitative estimate of drug-likeness (QED) is 0.586. The number of amides is 1. The molecule has 4 rings (SSSR count). The lowest BCUT2D eigenvalue weighted by molar-refractivity contribution is -0.0345. The zero-order chi connectivity index (χ0) is 20.9. The molecule has 30 heavy (non-hydrogen) atoms. The molecule has 7 nitrogen and oxygen atoms in total. The molecule has 1 N–H and O–H groups in total. The number of benzene rings is 1. The topological polar surface area (TPSA) is 76.6 Å². The lowest BCUT2D eigenvalue weighted by Crippen LogP contribution is -2.38. The molecule has 0 spiro atoms. The highest BCUT2D eigenvalue weighted by Crippen LogP contribution is 2.27. The molecule has 8 heteroatoms. The molecule has 158 valence electrons. The summed E-state index contributed by atoms with van der Waals surface area (Å²) in [6.45, 7) is 6.03. The Morgan fingerprint density at radius 3 is 3.07 bits per heavy atom. The average molecular weight is 427 g/mol. The fraction of sp³-hybridized carbons (Fsp3) is 0.409. The first-order valence-electron chi connectivity index (χ1n) is 10.1. The number of nitrogens with zero attached hydrogens (tertiary/aromatic N) is 3. The zero-order valence-electron chi connectivity index (χ0n) is 17.3. The molecule has 0 bridgehead atoms. The second kappa shape index (κ2) is 9.61. The van der Waals surface area contributed by atoms with Gasteiger partial charge in [-0.1, -0.05) is 18.2 Å². The molecule has 1 atom stereocenters. The number of hydrogen-bond acceptors (Lipinski definition) is 7. The molecule has 1 fully saturated rings. The van der Waals surface area contributed by atoms with Crippen LogP contribution in [0.4, 0.5) is 0 Å². The van der Waals surface area contributed by atoms with Crippen LogP contribution in [0.5, 0.6) is 0 Å². The summed E-state index contributed by atoms with van der Waals surface area (Å²) in [4.78, 5) is 25.6. The molecule has 1 aromatic carbocycles. The zero-order valence-corrected chi connectivity index (χ0v) is 18.1. The molecule has 1 unspecified atom stereocenters. The van der Waals surface area contributed by atoms with Gasteiger partial charge in [-0.15, -0.1) is 11.3 Å². The van der Waals surface area contributed by atoms with Gasteiger partial charge < -0.3 is 14.8 Å². The number of morpholine rings is 1. The first-order chi connectivity index (χ1) is 14.6. The lowest BCUT2D eigenvalue weighted by atomic mass is 10.0. The number of aryl methyl sites for hydroxylation is 1. The first kappa shape index (κ1) is 20.9. The highest BCUT2D eigenvalue weighted by Gasteiger charge is 2.25. The van der Waals surface area contributed by atoms with Crippen LogP contribution in [0.25, 0.3) is 10.9 Å². The lowest BCUT2D eigenvalue weighted by Gasteiger charge is -2.32. The van der Waals surface area contributed by atoms with Crippen LogP contribution < -0.4 is 5.32 Å². The molecule has 3 aromatic rings. The second-order valence-corrected chi connectivity index (χ2v) is 8.62. The van der Waals surface area contributed by atoms with E-state index in [1.165, 1.54) is 4.88 Å². The summed E-state index contributed by atoms with van der Waals surface area (Å²) in [5, 5.41) is 4.83. The number of ether oxygens (including phenoxy) is 2. The summed E-state index contributed by atoms with van der Waals surface area (Å²) >= 11 is 1.72. The van der Waals surface area contributed by atoms with Crippen LogP contribution in [-0.2, 0) is 16.0 Å². The van der Waals surface area contributed by atoms with Gasteiger partial charge in [-0.3, -0.25) is 9.69 Å². The van der Waals surface area contributed by atoms with Crippen molar-refractivity contribution in [3.63, 3.8) is 0 Å². The number of nitrogens with one attached hydrogen (secondary N) is 1. The standard InChI is InChI=1S/C22H26N4O3S/c1-15-24-12-16(30-15)13-26-8-10-29-21(14-26)20-11-18(22(27)23-7-9-28-2)17-5-3-4-6-19(17)25-20/h3-6,11-12,21H,7-10,13-14H2,1-2H3,(H,23,27). The minimum absolute atomic E-state index is 0.125. The van der Waals surface area contributed by atoms with Gasteiger partial charge in [-0.05, 0) is 19.1 Å². The fourth-order valence-electron chi connectivity index (χ4n) is 3.63. The van der Waals surface area contributed by atoms with Crippen LogP contribution in [0.1, 0.15) is 32.0 Å². The highest BCUT2D eigenvalue weighted by atomic mass is 32.1. The molecule has 0 radical (unpaired) electrons. The second-order valence-electron chi connectivity index (χ2n) is 7.30. The van der Waals surface area contributed by atoms with E-state index < -0.39 is 0 Å². The number of carbonyl (C=O) groups excluding carboxylic acids is 1. The Balaban J connectivity index is 1.57. The van der Waals surface area contributed by atoms with Crippen LogP contribution in [0.3, 0.4) is 0 Å². The number of carbonyl (C=O) groups is 1. The van der Waals surface area contributed by atoms with Crippen molar-refractivity contribution in [2.75, 3.05) is 40.0 Å². The molecule has 2 aromatic heterocycles. The molecule has 3 heterocycles. The Hall–Kier alpha value is -2.39. The number of methoxy groups -OCH3 is 1. The van der Waals surface area contributed by atoms with Gasteiger partial charge in [0.15, 0.2) is 0 Å². The van der Waals surface area contributed by atoms with Gasteiger partial charge >= 0.3 is 0 Å². The molecule has 0 saturated carbocycles. The van der Waals surface area contributed by atoms with Gasteiger partial charge in [0.25, 0.3) is 5.91 Å². The maximum atomic E-state index is 12.8. The van der Waals surface area contributed by atoms with Crippen LogP contribution in [-0.4, -0.2) is 60.7 Å². The van der Waals surface area contributed by atoms with E-state index in [1.54, 1.807) is 18.4 Å². The predicted octanol–water partition coefficient (Wildman–Crippen LogP) is 2.95. The van der Waals surface area contributed by atoms with E-state index in [0.717, 1.165) is 41.2 Å². The maximum absolute atomic E-state index is 12.8. The Labute approximate surface area is 180 Å². The largest absolute Gasteiger partial charge is 0.383 e. The Morgan fingerprint density at radius 2 is 2.27 bits per heavy atom. The van der Waals surface area contributed by atoms with Gasteiger partial charge in [-0.25, -0.2) is 9.97 Å². The third-order valence-electron chi connectivity index (χ3n) is 5.10. The summed E-state index contributed by atoms with van der Waals surface area (Å²) in [6, 6.07) is 9.59.